The third-order valence-corrected chi connectivity index (χ3v) is 19.6. The highest BCUT2D eigenvalue weighted by Crippen LogP contribution is 2.43. The highest BCUT2D eigenvalue weighted by Gasteiger charge is 2.48. The van der Waals surface area contributed by atoms with Crippen molar-refractivity contribution in [3.63, 3.8) is 0 Å². The van der Waals surface area contributed by atoms with Gasteiger partial charge in [0.2, 0.25) is 11.8 Å². The molecule has 9 rings (SSSR count). The van der Waals surface area contributed by atoms with Crippen molar-refractivity contribution in [2.45, 2.75) is 91.2 Å². The Labute approximate surface area is 481 Å². The van der Waals surface area contributed by atoms with E-state index >= 15 is 0 Å². The summed E-state index contributed by atoms with van der Waals surface area (Å²) in [6, 6.07) is 28.8. The predicted molar refractivity (Wildman–Crippen MR) is 310 cm³/mol. The zero-order chi connectivity index (χ0) is 57.5. The minimum absolute atomic E-state index is 0.0194. The Kier molecular flexibility index (Phi) is 18.9. The number of thioether (sulfide) groups is 1. The number of carbonyl (C=O) groups excluding carboxylic acids is 3. The number of hydrogen-bond acceptors (Lipinski definition) is 15. The highest BCUT2D eigenvalue weighted by molar-refractivity contribution is 7.99. The van der Waals surface area contributed by atoms with Gasteiger partial charge in [-0.3, -0.25) is 34.5 Å². The van der Waals surface area contributed by atoms with Crippen LogP contribution in [0.1, 0.15) is 74.0 Å². The molecule has 3 aliphatic heterocycles. The Morgan fingerprint density at radius 2 is 1.51 bits per heavy atom. The molecule has 0 bridgehead atoms. The zero-order valence-electron chi connectivity index (χ0n) is 45.2. The van der Waals surface area contributed by atoms with E-state index in [1.54, 1.807) is 18.3 Å². The van der Waals surface area contributed by atoms with Crippen LogP contribution in [0.3, 0.4) is 0 Å². The van der Waals surface area contributed by atoms with Crippen LogP contribution in [0, 0.1) is 5.41 Å². The topological polar surface area (TPSA) is 193 Å². The first-order valence-electron chi connectivity index (χ1n) is 27.1. The van der Waals surface area contributed by atoms with Gasteiger partial charge in [-0.05, 0) is 128 Å². The molecular formula is C58H67ClF3N9O7S3. The van der Waals surface area contributed by atoms with Crippen molar-refractivity contribution >= 4 is 83.6 Å². The summed E-state index contributed by atoms with van der Waals surface area (Å²) in [5, 5.41) is 9.21. The highest BCUT2D eigenvalue weighted by atomic mass is 35.5. The van der Waals surface area contributed by atoms with Crippen LogP contribution < -0.4 is 25.6 Å². The third kappa shape index (κ3) is 15.6. The van der Waals surface area contributed by atoms with E-state index in [9.17, 15) is 44.4 Å². The van der Waals surface area contributed by atoms with E-state index in [0.29, 0.717) is 74.6 Å². The van der Waals surface area contributed by atoms with Crippen LogP contribution in [-0.4, -0.2) is 143 Å². The van der Waals surface area contributed by atoms with E-state index in [0.717, 1.165) is 80.4 Å². The van der Waals surface area contributed by atoms with Gasteiger partial charge in [0.05, 0.1) is 28.2 Å². The van der Waals surface area contributed by atoms with Crippen LogP contribution in [-0.2, 0) is 36.0 Å². The van der Waals surface area contributed by atoms with Crippen LogP contribution in [0.5, 0.6) is 0 Å². The molecule has 4 heterocycles. The van der Waals surface area contributed by atoms with Crippen LogP contribution in [0.15, 0.2) is 136 Å². The van der Waals surface area contributed by atoms with Crippen LogP contribution in [0.25, 0.3) is 5.57 Å². The first-order chi connectivity index (χ1) is 38.6. The summed E-state index contributed by atoms with van der Waals surface area (Å²) in [4.78, 5) is 49.7. The van der Waals surface area contributed by atoms with Crippen molar-refractivity contribution < 1.29 is 44.4 Å². The van der Waals surface area contributed by atoms with Gasteiger partial charge in [0.1, 0.15) is 10.9 Å². The lowest BCUT2D eigenvalue weighted by atomic mass is 9.73. The normalized spacial score (nSPS) is 19.2. The number of imide groups is 1. The van der Waals surface area contributed by atoms with Crippen LogP contribution in [0.2, 0.25) is 5.02 Å². The van der Waals surface area contributed by atoms with E-state index < -0.39 is 58.8 Å². The van der Waals surface area contributed by atoms with Gasteiger partial charge < -0.3 is 20.4 Å². The second-order valence-electron chi connectivity index (χ2n) is 21.8. The van der Waals surface area contributed by atoms with Gasteiger partial charge in [-0.25, -0.2) is 21.6 Å². The summed E-state index contributed by atoms with van der Waals surface area (Å²) in [6.07, 6.45) is 5.82. The summed E-state index contributed by atoms with van der Waals surface area (Å²) in [6.45, 7) is 12.4. The van der Waals surface area contributed by atoms with E-state index in [1.807, 2.05) is 59.3 Å². The quantitative estimate of drug-likeness (QED) is 0.0426. The van der Waals surface area contributed by atoms with Gasteiger partial charge >= 0.3 is 5.51 Å². The molecule has 432 valence electrons. The number of sulfonamides is 1. The molecule has 4 aromatic carbocycles. The number of alkyl halides is 3. The van der Waals surface area contributed by atoms with Crippen molar-refractivity contribution in [3.8, 4) is 0 Å². The van der Waals surface area contributed by atoms with Crippen molar-refractivity contribution in [2.75, 3.05) is 86.7 Å². The summed E-state index contributed by atoms with van der Waals surface area (Å²) >= 11 is 7.64. The first kappa shape index (κ1) is 59.6. The largest absolute Gasteiger partial charge is 0.501 e. The number of nitrogens with zero attached hydrogens (tertiary/aromatic N) is 5. The molecule has 3 amide bonds. The maximum absolute atomic E-state index is 14.5. The van der Waals surface area contributed by atoms with Gasteiger partial charge in [0.15, 0.2) is 0 Å². The van der Waals surface area contributed by atoms with Crippen LogP contribution in [0.4, 0.5) is 30.2 Å². The number of halogens is 4. The number of nitrogens with one attached hydrogen (secondary N) is 4. The predicted octanol–water partition coefficient (Wildman–Crippen LogP) is 8.93. The molecule has 0 radical (unpaired) electrons. The molecule has 5 aromatic rings. The third-order valence-electron chi connectivity index (χ3n) is 15.3. The minimum atomic E-state index is -6.12. The molecule has 3 fully saturated rings. The van der Waals surface area contributed by atoms with Gasteiger partial charge in [0, 0.05) is 111 Å². The van der Waals surface area contributed by atoms with Crippen molar-refractivity contribution in [1.82, 2.24) is 29.7 Å². The molecule has 4 N–H and O–H groups in total. The second kappa shape index (κ2) is 25.6. The lowest BCUT2D eigenvalue weighted by Gasteiger charge is -2.39. The smallest absolute Gasteiger partial charge is 0.380 e. The summed E-state index contributed by atoms with van der Waals surface area (Å²) in [5.74, 6) is -1.38. The Balaban J connectivity index is 0.819. The fourth-order valence-electron chi connectivity index (χ4n) is 10.7. The average Bonchev–Trinajstić information content (AvgIpc) is 3.60. The Morgan fingerprint density at radius 1 is 0.827 bits per heavy atom. The van der Waals surface area contributed by atoms with Crippen molar-refractivity contribution in [2.24, 2.45) is 5.41 Å². The molecule has 0 saturated carbocycles. The molecule has 3 saturated heterocycles. The summed E-state index contributed by atoms with van der Waals surface area (Å²) in [7, 11) is -11.0. The number of amides is 3. The van der Waals surface area contributed by atoms with Gasteiger partial charge in [-0.2, -0.15) is 13.2 Å². The number of rotatable bonds is 20. The molecule has 0 spiro atoms. The van der Waals surface area contributed by atoms with E-state index in [2.05, 4.69) is 66.5 Å². The number of piperazine rings is 2. The van der Waals surface area contributed by atoms with Gasteiger partial charge in [-0.1, -0.05) is 61.4 Å². The Hall–Kier alpha value is -6.01. The Morgan fingerprint density at radius 3 is 2.17 bits per heavy atom. The molecule has 4 aliphatic rings. The number of benzene rings is 4. The van der Waals surface area contributed by atoms with Gasteiger partial charge in [-0.15, -0.1) is 11.8 Å². The second-order valence-corrected chi connectivity index (χ2v) is 27.0. The summed E-state index contributed by atoms with van der Waals surface area (Å²) < 4.78 is 99.5. The molecule has 23 heteroatoms. The fraction of sp³-hybridized carbons (Fsp3) is 0.414. The van der Waals surface area contributed by atoms with E-state index in [-0.39, 0.29) is 29.2 Å². The maximum atomic E-state index is 14.5. The lowest BCUT2D eigenvalue weighted by molar-refractivity contribution is -0.133. The molecule has 1 aliphatic carbocycles. The molecule has 1 aromatic heterocycles. The van der Waals surface area contributed by atoms with Crippen LogP contribution >= 0.6 is 23.4 Å². The number of allylic oxidation sites excluding steroid dienone is 1. The van der Waals surface area contributed by atoms with E-state index in [1.165, 1.54) is 40.6 Å². The Bertz CT molecular complexity index is 3310. The average molecular weight is 1190 g/mol. The zero-order valence-corrected chi connectivity index (χ0v) is 48.4. The summed E-state index contributed by atoms with van der Waals surface area (Å²) in [5.41, 5.74) is 0.326. The standard InChI is InChI=1S/C58H67ClF3N9O7S3/c1-57(2)24-22-50(40-8-12-43(59)13-9-40)42(35-57)37-69-30-32-71(33-31-69)47-16-10-41(11-17-47)55(73)67-81(77,78)49-18-19-51(53(34-49)80(75,76)58(60,61)62)65-46(39-79-48-6-4-3-5-7-48)23-25-68-26-28-70(29-27-68)38-45-15-14-44(36-63-45)64-52-20-21-54(72)66-56(52)74/h3-19,34,36,46,52,64-65H,20-33,35,37-39H2,1-2H3,(H,67,73)(H,66,72,74)/t46-,52?/m1/s1. The number of carbonyl (C=O) groups is 3. The molecule has 81 heavy (non-hydrogen) atoms. The maximum Gasteiger partial charge on any atom is 0.501 e. The van der Waals surface area contributed by atoms with Crippen molar-refractivity contribution in [3.05, 3.63) is 143 Å². The monoisotopic (exact) mass is 1190 g/mol. The number of anilines is 3. The molecule has 2 atom stereocenters. The lowest BCUT2D eigenvalue weighted by Crippen LogP contribution is -2.47. The number of piperidine rings is 1. The number of aromatic nitrogens is 1. The van der Waals surface area contributed by atoms with E-state index in [4.69, 9.17) is 11.6 Å². The number of pyridine rings is 1. The molecule has 16 nitrogen and oxygen atoms in total. The molecular weight excluding hydrogens is 1120 g/mol. The first-order valence-corrected chi connectivity index (χ1v) is 31.4. The minimum Gasteiger partial charge on any atom is -0.380 e. The van der Waals surface area contributed by atoms with Crippen molar-refractivity contribution in [1.29, 1.82) is 0 Å². The fourth-order valence-corrected chi connectivity index (χ4v) is 13.8. The van der Waals surface area contributed by atoms with Gasteiger partial charge in [0.25, 0.3) is 25.8 Å². The molecule has 1 unspecified atom stereocenters. The SMILES string of the molecule is CC1(C)CCC(c2ccc(Cl)cc2)=C(CN2CCN(c3ccc(C(=O)NS(=O)(=O)c4ccc(N[C@H](CCN5CCN(Cc6ccc(NC7CCC(=O)NC7=O)cn6)CC5)CSc5ccccc5)c(S(=O)(=O)C(F)(F)F)c4)cc3)CC2)C1. The number of hydrogen-bond donors (Lipinski definition) is 4. The number of sulfone groups is 1.